The number of hydrogen-bond donors (Lipinski definition) is 1. The molecule has 0 fully saturated rings. The maximum Gasteiger partial charge on any atom is 0.124 e. The van der Waals surface area contributed by atoms with Crippen LogP contribution < -0.4 is 5.32 Å². The zero-order valence-corrected chi connectivity index (χ0v) is 19.7. The molecule has 31 heavy (non-hydrogen) atoms. The number of hydrogen-bond acceptors (Lipinski definition) is 1. The highest BCUT2D eigenvalue weighted by Gasteiger charge is 2.27. The van der Waals surface area contributed by atoms with Crippen molar-refractivity contribution >= 4 is 38.8 Å². The van der Waals surface area contributed by atoms with Crippen molar-refractivity contribution in [1.29, 1.82) is 0 Å². The average Bonchev–Trinajstić information content (AvgIpc) is 3.21. The lowest BCUT2D eigenvalue weighted by molar-refractivity contribution is 0.647. The molecular weight excluding hydrogens is 466 g/mol. The molecule has 3 heterocycles. The fourth-order valence-electron chi connectivity index (χ4n) is 4.62. The number of rotatable bonds is 5. The van der Waals surface area contributed by atoms with Crippen LogP contribution in [0.3, 0.4) is 0 Å². The van der Waals surface area contributed by atoms with Crippen LogP contribution in [0.4, 0.5) is 0 Å². The predicted molar refractivity (Wildman–Crippen MR) is 137 cm³/mol. The second kappa shape index (κ2) is 8.48. The summed E-state index contributed by atoms with van der Waals surface area (Å²) < 4.78 is 5.88. The second-order valence-corrected chi connectivity index (χ2v) is 9.21. The van der Waals surface area contributed by atoms with Gasteiger partial charge in [0.15, 0.2) is 0 Å². The fourth-order valence-corrected chi connectivity index (χ4v) is 5.17. The molecule has 0 amide bonds. The summed E-state index contributed by atoms with van der Waals surface area (Å²) in [6.45, 7) is 5.51. The molecule has 0 saturated carbocycles. The van der Waals surface area contributed by atoms with Crippen molar-refractivity contribution in [3.8, 4) is 22.4 Å². The number of benzene rings is 2. The van der Waals surface area contributed by atoms with Crippen LogP contribution in [0.5, 0.6) is 0 Å². The Morgan fingerprint density at radius 3 is 2.58 bits per heavy atom. The topological polar surface area (TPSA) is 21.4 Å². The summed E-state index contributed by atoms with van der Waals surface area (Å²) in [7, 11) is 0. The number of nitrogens with one attached hydrogen (secondary N) is 1. The van der Waals surface area contributed by atoms with Gasteiger partial charge in [-0.1, -0.05) is 76.7 Å². The molecule has 156 valence electrons. The Labute approximate surface area is 196 Å². The first-order valence-electron chi connectivity index (χ1n) is 10.7. The van der Waals surface area contributed by atoms with Gasteiger partial charge < -0.3 is 9.88 Å². The van der Waals surface area contributed by atoms with Crippen molar-refractivity contribution in [1.82, 2.24) is 14.3 Å². The molecule has 2 aromatic heterocycles. The molecular formula is C26H24BrN3S. The van der Waals surface area contributed by atoms with Crippen molar-refractivity contribution in [2.75, 3.05) is 6.54 Å². The van der Waals surface area contributed by atoms with Crippen molar-refractivity contribution in [3.05, 3.63) is 89.2 Å². The number of aromatic nitrogens is 2. The van der Waals surface area contributed by atoms with Gasteiger partial charge in [-0.2, -0.15) is 0 Å². The maximum absolute atomic E-state index is 5.91. The van der Waals surface area contributed by atoms with E-state index < -0.39 is 0 Å². The van der Waals surface area contributed by atoms with E-state index in [0.717, 1.165) is 28.1 Å². The summed E-state index contributed by atoms with van der Waals surface area (Å²) in [5.41, 5.74) is 8.66. The highest BCUT2D eigenvalue weighted by atomic mass is 79.9. The summed E-state index contributed by atoms with van der Waals surface area (Å²) in [5, 5.41) is 3.38. The van der Waals surface area contributed by atoms with E-state index in [-0.39, 0.29) is 0 Å². The third-order valence-corrected chi connectivity index (χ3v) is 6.82. The molecule has 0 aliphatic carbocycles. The van der Waals surface area contributed by atoms with Crippen molar-refractivity contribution < 1.29 is 0 Å². The minimum absolute atomic E-state index is 0.646. The van der Waals surface area contributed by atoms with Gasteiger partial charge in [0.2, 0.25) is 0 Å². The number of nitrogens with zero attached hydrogens (tertiary/aromatic N) is 2. The number of thiocarbonyl (C=S) groups is 1. The van der Waals surface area contributed by atoms with E-state index in [1.807, 2.05) is 6.08 Å². The number of halogens is 1. The first-order valence-corrected chi connectivity index (χ1v) is 11.9. The Kier molecular flexibility index (Phi) is 5.55. The Morgan fingerprint density at radius 2 is 1.84 bits per heavy atom. The molecule has 0 radical (unpaired) electrons. The van der Waals surface area contributed by atoms with Crippen LogP contribution in [0.25, 0.3) is 28.0 Å². The molecule has 5 heteroatoms. The molecule has 0 unspecified atom stereocenters. The van der Waals surface area contributed by atoms with Gasteiger partial charge in [0.05, 0.1) is 11.4 Å². The predicted octanol–water partition coefficient (Wildman–Crippen LogP) is 6.62. The van der Waals surface area contributed by atoms with Gasteiger partial charge in [0.25, 0.3) is 0 Å². The summed E-state index contributed by atoms with van der Waals surface area (Å²) in [6, 6.07) is 19.2. The van der Waals surface area contributed by atoms with E-state index in [1.165, 1.54) is 46.4 Å². The van der Waals surface area contributed by atoms with E-state index in [0.29, 0.717) is 6.54 Å². The normalized spacial score (nSPS) is 13.2. The molecule has 5 rings (SSSR count). The van der Waals surface area contributed by atoms with Gasteiger partial charge in [0, 0.05) is 34.9 Å². The van der Waals surface area contributed by atoms with Gasteiger partial charge in [-0.25, -0.2) is 0 Å². The fraction of sp³-hybridized carbons (Fsp3) is 0.192. The van der Waals surface area contributed by atoms with E-state index in [1.54, 1.807) is 0 Å². The van der Waals surface area contributed by atoms with Gasteiger partial charge >= 0.3 is 0 Å². The van der Waals surface area contributed by atoms with Crippen LogP contribution in [0.15, 0.2) is 77.9 Å². The van der Waals surface area contributed by atoms with Crippen molar-refractivity contribution in [2.45, 2.75) is 25.8 Å². The van der Waals surface area contributed by atoms with Crippen LogP contribution in [0.2, 0.25) is 0 Å². The first-order chi connectivity index (χ1) is 15.2. The third kappa shape index (κ3) is 3.56. The van der Waals surface area contributed by atoms with Crippen LogP contribution in [-0.2, 0) is 13.0 Å². The summed E-state index contributed by atoms with van der Waals surface area (Å²) >= 11 is 9.49. The van der Waals surface area contributed by atoms with Crippen LogP contribution in [0, 0.1) is 0 Å². The minimum atomic E-state index is 0.646. The lowest BCUT2D eigenvalue weighted by Crippen LogP contribution is -2.24. The molecule has 3 nitrogen and oxygen atoms in total. The largest absolute Gasteiger partial charge is 0.371 e. The van der Waals surface area contributed by atoms with Gasteiger partial charge in [-0.15, -0.1) is 6.58 Å². The van der Waals surface area contributed by atoms with Crippen LogP contribution in [-0.4, -0.2) is 20.5 Å². The van der Waals surface area contributed by atoms with Crippen molar-refractivity contribution in [2.24, 2.45) is 0 Å². The Morgan fingerprint density at radius 1 is 1.06 bits per heavy atom. The molecule has 0 atom stereocenters. The third-order valence-electron chi connectivity index (χ3n) is 5.96. The molecule has 0 saturated heterocycles. The zero-order chi connectivity index (χ0) is 21.4. The first kappa shape index (κ1) is 20.3. The minimum Gasteiger partial charge on any atom is -0.371 e. The van der Waals surface area contributed by atoms with E-state index in [2.05, 4.69) is 97.6 Å². The summed E-state index contributed by atoms with van der Waals surface area (Å²) in [4.78, 5) is 0.761. The van der Waals surface area contributed by atoms with Crippen LogP contribution >= 0.6 is 28.1 Å². The summed E-state index contributed by atoms with van der Waals surface area (Å²) in [6.07, 6.45) is 7.51. The Hall–Kier alpha value is -2.63. The Balaban J connectivity index is 1.82. The molecule has 0 bridgehead atoms. The lowest BCUT2D eigenvalue weighted by atomic mass is 9.98. The van der Waals surface area contributed by atoms with E-state index >= 15 is 0 Å². The molecule has 1 aliphatic rings. The van der Waals surface area contributed by atoms with Gasteiger partial charge in [-0.3, -0.25) is 4.40 Å². The van der Waals surface area contributed by atoms with Gasteiger partial charge in [-0.05, 0) is 42.5 Å². The smallest absolute Gasteiger partial charge is 0.124 e. The SMILES string of the molecule is C=CCNC(=S)c1c(-c2ccc(Br)cc2)c2c3n(c(-c4ccccc4)cn13)CCCC2. The van der Waals surface area contributed by atoms with Crippen molar-refractivity contribution in [3.63, 3.8) is 0 Å². The highest BCUT2D eigenvalue weighted by molar-refractivity contribution is 9.10. The Bertz CT molecular complexity index is 1270. The maximum atomic E-state index is 5.91. The molecule has 1 aliphatic heterocycles. The zero-order valence-electron chi connectivity index (χ0n) is 17.3. The molecule has 1 N–H and O–H groups in total. The van der Waals surface area contributed by atoms with E-state index in [9.17, 15) is 0 Å². The highest BCUT2D eigenvalue weighted by Crippen LogP contribution is 2.39. The molecule has 0 spiro atoms. The molecule has 4 aromatic rings. The standard InChI is InChI=1S/C26H24BrN3S/c1-2-15-28-25(31)24-23(19-11-13-20(27)14-12-19)21-10-6-7-16-29-22(17-30(24)26(21)29)18-8-4-3-5-9-18/h2-5,8-9,11-14,17H,1,6-7,10,15-16H2,(H,28,31). The van der Waals surface area contributed by atoms with Crippen LogP contribution in [0.1, 0.15) is 24.1 Å². The summed E-state index contributed by atoms with van der Waals surface area (Å²) in [5.74, 6) is 0. The quantitative estimate of drug-likeness (QED) is 0.251. The number of imidazole rings is 1. The monoisotopic (exact) mass is 489 g/mol. The lowest BCUT2D eigenvalue weighted by Gasteiger charge is -2.11. The number of aryl methyl sites for hydroxylation is 2. The van der Waals surface area contributed by atoms with E-state index in [4.69, 9.17) is 12.2 Å². The molecule has 2 aromatic carbocycles. The average molecular weight is 490 g/mol. The van der Waals surface area contributed by atoms with Gasteiger partial charge in [0.1, 0.15) is 10.6 Å². The second-order valence-electron chi connectivity index (χ2n) is 7.89.